The second-order valence-electron chi connectivity index (χ2n) is 14.3. The van der Waals surface area contributed by atoms with Crippen LogP contribution in [0.2, 0.25) is 0 Å². The average molecular weight is 833 g/mol. The van der Waals surface area contributed by atoms with E-state index in [1.165, 1.54) is 18.6 Å². The van der Waals surface area contributed by atoms with Gasteiger partial charge in [0.05, 0.1) is 26.3 Å². The molecule has 0 spiro atoms. The molecular weight excluding hydrogens is 765 g/mol. The molecule has 0 aliphatic carbocycles. The molecule has 0 bridgehead atoms. The lowest BCUT2D eigenvalue weighted by Crippen LogP contribution is -2.29. The lowest BCUT2D eigenvalue weighted by atomic mass is 10.1. The number of nitrogens with zero attached hydrogens (tertiary/aromatic N) is 3. The Bertz CT molecular complexity index is 1420. The van der Waals surface area contributed by atoms with Crippen molar-refractivity contribution in [1.29, 1.82) is 0 Å². The average Bonchev–Trinajstić information content (AvgIpc) is 3.16. The van der Waals surface area contributed by atoms with Gasteiger partial charge < -0.3 is 34.9 Å². The van der Waals surface area contributed by atoms with E-state index in [9.17, 15) is 14.4 Å². The van der Waals surface area contributed by atoms with Gasteiger partial charge in [-0.1, -0.05) is 118 Å². The largest absolute Gasteiger partial charge is 0.491 e. The minimum absolute atomic E-state index is 0.0431. The second-order valence-corrected chi connectivity index (χ2v) is 16.9. The molecular formula is C42H68N6O7S2. The summed E-state index contributed by atoms with van der Waals surface area (Å²) in [6.07, 6.45) is 4.93. The number of rotatable bonds is 28. The van der Waals surface area contributed by atoms with Gasteiger partial charge in [0.25, 0.3) is 5.91 Å². The zero-order valence-electron chi connectivity index (χ0n) is 35.5. The number of amides is 3. The molecule has 1 unspecified atom stereocenters. The molecule has 0 saturated heterocycles. The van der Waals surface area contributed by atoms with E-state index in [4.69, 9.17) is 24.5 Å². The Kier molecular flexibility index (Phi) is 34.5. The van der Waals surface area contributed by atoms with Gasteiger partial charge in [0.15, 0.2) is 6.23 Å². The molecule has 3 N–H and O–H groups in total. The van der Waals surface area contributed by atoms with Crippen LogP contribution in [0.5, 0.6) is 5.75 Å². The minimum Gasteiger partial charge on any atom is -0.491 e. The number of carbonyl (C=O) groups excluding carboxylic acids is 3. The topological polar surface area (TPSA) is 173 Å². The number of benzene rings is 1. The Morgan fingerprint density at radius 3 is 2.12 bits per heavy atom. The van der Waals surface area contributed by atoms with Gasteiger partial charge in [-0.15, -0.1) is 0 Å². The molecule has 0 saturated carbocycles. The van der Waals surface area contributed by atoms with Crippen molar-refractivity contribution < 1.29 is 33.3 Å². The Hall–Kier alpha value is -3.56. The minimum atomic E-state index is -0.891. The van der Waals surface area contributed by atoms with Crippen molar-refractivity contribution in [2.45, 2.75) is 100 Å². The van der Waals surface area contributed by atoms with E-state index < -0.39 is 6.23 Å². The molecule has 15 heteroatoms. The number of azide groups is 1. The molecule has 0 aromatic heterocycles. The molecule has 0 heterocycles. The first-order chi connectivity index (χ1) is 27.3. The smallest absolute Gasteiger partial charge is 0.251 e. The van der Waals surface area contributed by atoms with Gasteiger partial charge in [0.2, 0.25) is 11.8 Å². The molecule has 320 valence electrons. The number of hydrogen-bond donors (Lipinski definition) is 3. The van der Waals surface area contributed by atoms with Crippen molar-refractivity contribution in [3.63, 3.8) is 0 Å². The fourth-order valence-corrected chi connectivity index (χ4v) is 6.07. The highest BCUT2D eigenvalue weighted by Gasteiger charge is 2.11. The second kappa shape index (κ2) is 36.8. The van der Waals surface area contributed by atoms with Crippen LogP contribution >= 0.6 is 21.6 Å². The van der Waals surface area contributed by atoms with Crippen LogP contribution < -0.4 is 20.7 Å². The van der Waals surface area contributed by atoms with Crippen molar-refractivity contribution in [2.75, 3.05) is 64.4 Å². The van der Waals surface area contributed by atoms with Crippen molar-refractivity contribution in [3.8, 4) is 29.4 Å². The molecule has 1 aromatic carbocycles. The molecule has 57 heavy (non-hydrogen) atoms. The summed E-state index contributed by atoms with van der Waals surface area (Å²) in [5, 5.41) is 11.9. The van der Waals surface area contributed by atoms with Crippen LogP contribution in [0.25, 0.3) is 10.4 Å². The first kappa shape index (κ1) is 53.4. The van der Waals surface area contributed by atoms with Crippen LogP contribution in [0.1, 0.15) is 104 Å². The van der Waals surface area contributed by atoms with Crippen LogP contribution in [-0.2, 0) is 23.8 Å². The van der Waals surface area contributed by atoms with Gasteiger partial charge in [-0.2, -0.15) is 0 Å². The zero-order valence-corrected chi connectivity index (χ0v) is 37.2. The predicted molar refractivity (Wildman–Crippen MR) is 233 cm³/mol. The van der Waals surface area contributed by atoms with E-state index in [1.807, 2.05) is 38.5 Å². The maximum atomic E-state index is 12.3. The van der Waals surface area contributed by atoms with E-state index in [0.29, 0.717) is 55.2 Å². The van der Waals surface area contributed by atoms with Gasteiger partial charge in [0, 0.05) is 47.6 Å². The third-order valence-corrected chi connectivity index (χ3v) is 9.30. The van der Waals surface area contributed by atoms with E-state index in [0.717, 1.165) is 25.2 Å². The summed E-state index contributed by atoms with van der Waals surface area (Å²) in [7, 11) is 3.63. The van der Waals surface area contributed by atoms with Crippen molar-refractivity contribution in [2.24, 2.45) is 28.8 Å². The quantitative estimate of drug-likeness (QED) is 0.0144. The summed E-state index contributed by atoms with van der Waals surface area (Å²) in [5.74, 6) is 15.7. The maximum absolute atomic E-state index is 12.3. The normalized spacial score (nSPS) is 11.0. The molecule has 0 fully saturated rings. The number of ether oxygens (including phenoxy) is 4. The van der Waals surface area contributed by atoms with Crippen LogP contribution in [0.4, 0.5) is 0 Å². The summed E-state index contributed by atoms with van der Waals surface area (Å²) in [6.45, 7) is 18.9. The first-order valence-corrected chi connectivity index (χ1v) is 22.4. The van der Waals surface area contributed by atoms with Crippen LogP contribution in [0.3, 0.4) is 0 Å². The Labute approximate surface area is 350 Å². The summed E-state index contributed by atoms with van der Waals surface area (Å²) in [6, 6.07) is 6.75. The Morgan fingerprint density at radius 2 is 1.47 bits per heavy atom. The SMILES string of the molecule is CC(C)C#CCNC(=O)CCCOCSSCCCC(C)C.CC(C)C#CCNC(=O)COCCOC(COc1cccc(C(=O)NCCCC(C)C)c1)N=[N+]=[N-]. The summed E-state index contributed by atoms with van der Waals surface area (Å²) >= 11 is 0. The van der Waals surface area contributed by atoms with Crippen molar-refractivity contribution >= 4 is 39.3 Å². The Balaban J connectivity index is 0.00000123. The van der Waals surface area contributed by atoms with Gasteiger partial charge in [-0.25, -0.2) is 0 Å². The van der Waals surface area contributed by atoms with Crippen LogP contribution in [0, 0.1) is 47.4 Å². The molecule has 1 aromatic rings. The highest BCUT2D eigenvalue weighted by atomic mass is 33.1. The van der Waals surface area contributed by atoms with E-state index in [-0.39, 0.29) is 56.6 Å². The standard InChI is InChI=1S/C25H37N5O5.C17H31NO2S2/c1-19(2)8-6-12-27-23(31)17-33-14-15-34-24(29-30-26)18-35-22-11-5-10-21(16-22)25(32)28-13-7-9-20(3)4;1-15(2)8-5-11-18-17(19)10-6-12-20-14-22-21-13-7-9-16(3)4/h5,10-11,16,19-20,24H,7,9,12-15,17-18H2,1-4H3,(H,27,31)(H,28,32);15-16H,6-7,9-14H2,1-4H3,(H,18,19). The molecule has 13 nitrogen and oxygen atoms in total. The monoisotopic (exact) mass is 832 g/mol. The van der Waals surface area contributed by atoms with E-state index in [2.05, 4.69) is 77.4 Å². The van der Waals surface area contributed by atoms with Crippen molar-refractivity contribution in [1.82, 2.24) is 16.0 Å². The van der Waals surface area contributed by atoms with Gasteiger partial charge >= 0.3 is 0 Å². The molecule has 0 radical (unpaired) electrons. The molecule has 0 aliphatic rings. The molecule has 3 amide bonds. The van der Waals surface area contributed by atoms with Gasteiger partial charge in [-0.05, 0) is 61.2 Å². The van der Waals surface area contributed by atoms with Gasteiger partial charge in [0.1, 0.15) is 24.9 Å². The molecule has 1 rings (SSSR count). The fraction of sp³-hybridized carbons (Fsp3) is 0.690. The predicted octanol–water partition coefficient (Wildman–Crippen LogP) is 8.01. The zero-order chi connectivity index (χ0) is 42.5. The fourth-order valence-electron chi connectivity index (χ4n) is 4.30. The summed E-state index contributed by atoms with van der Waals surface area (Å²) < 4.78 is 21.9. The maximum Gasteiger partial charge on any atom is 0.251 e. The lowest BCUT2D eigenvalue weighted by molar-refractivity contribution is -0.126. The highest BCUT2D eigenvalue weighted by molar-refractivity contribution is 8.76. The third kappa shape index (κ3) is 36.5. The Morgan fingerprint density at radius 1 is 0.807 bits per heavy atom. The number of carbonyl (C=O) groups is 3. The third-order valence-electron chi connectivity index (χ3n) is 7.13. The number of hydrogen-bond acceptors (Lipinski definition) is 10. The molecule has 0 aliphatic heterocycles. The van der Waals surface area contributed by atoms with E-state index >= 15 is 0 Å². The first-order valence-electron chi connectivity index (χ1n) is 19.9. The lowest BCUT2D eigenvalue weighted by Gasteiger charge is -2.14. The summed E-state index contributed by atoms with van der Waals surface area (Å²) in [4.78, 5) is 38.3. The molecule has 1 atom stereocenters. The summed E-state index contributed by atoms with van der Waals surface area (Å²) in [5.41, 5.74) is 9.26. The van der Waals surface area contributed by atoms with Gasteiger partial charge in [-0.3, -0.25) is 14.4 Å². The van der Waals surface area contributed by atoms with Crippen LogP contribution in [-0.4, -0.2) is 88.3 Å². The van der Waals surface area contributed by atoms with Crippen LogP contribution in [0.15, 0.2) is 29.4 Å². The van der Waals surface area contributed by atoms with E-state index in [1.54, 1.807) is 35.1 Å². The highest BCUT2D eigenvalue weighted by Crippen LogP contribution is 2.23. The van der Waals surface area contributed by atoms with Crippen molar-refractivity contribution in [3.05, 3.63) is 40.3 Å². The number of nitrogens with one attached hydrogen (secondary N) is 3.